The van der Waals surface area contributed by atoms with E-state index in [2.05, 4.69) is 52.8 Å². The number of benzene rings is 1. The van der Waals surface area contributed by atoms with Crippen LogP contribution in [-0.4, -0.2) is 0 Å². The average Bonchev–Trinajstić information content (AvgIpc) is 2.18. The number of rotatable bonds is 1. The summed E-state index contributed by atoms with van der Waals surface area (Å²) >= 11 is 0. The third-order valence-electron chi connectivity index (χ3n) is 1.94. The van der Waals surface area contributed by atoms with Crippen molar-refractivity contribution in [2.75, 3.05) is 0 Å². The Balaban J connectivity index is 0. The molecule has 0 N–H and O–H groups in total. The topological polar surface area (TPSA) is 0 Å². The van der Waals surface area contributed by atoms with Gasteiger partial charge in [-0.05, 0) is 5.41 Å². The van der Waals surface area contributed by atoms with Gasteiger partial charge >= 0.3 is 19.5 Å². The fraction of sp³-hybridized carbons (Fsp3) is 0.500. The fourth-order valence-corrected chi connectivity index (χ4v) is 0.887. The molecule has 0 unspecified atom stereocenters. The van der Waals surface area contributed by atoms with Crippen LogP contribution in [0, 0.1) is 13.0 Å². The Morgan fingerprint density at radius 3 is 1.80 bits per heavy atom. The molecule has 0 heterocycles. The molecule has 0 atom stereocenters. The van der Waals surface area contributed by atoms with Crippen LogP contribution < -0.4 is 0 Å². The Bertz CT molecular complexity index is 219. The maximum atomic E-state index is 3.60. The molecular weight excluding hydrogens is 234 g/mol. The first-order chi connectivity index (χ1) is 6.52. The molecule has 0 fully saturated rings. The molecule has 0 aliphatic carbocycles. The molecule has 1 heteroatoms. The van der Waals surface area contributed by atoms with E-state index in [-0.39, 0.29) is 24.9 Å². The van der Waals surface area contributed by atoms with Crippen molar-refractivity contribution in [3.05, 3.63) is 42.8 Å². The molecule has 1 rings (SSSR count). The molecule has 80 valence electrons. The monoisotopic (exact) mass is 254 g/mol. The van der Waals surface area contributed by atoms with Crippen LogP contribution in [0.3, 0.4) is 0 Å². The molecule has 0 amide bonds. The normalized spacial score (nSPS) is 9.67. The molecule has 0 nitrogen and oxygen atoms in total. The first kappa shape index (κ1) is 17.2. The zero-order valence-electron chi connectivity index (χ0n) is 10.6. The molecular formula is C14H22Zn. The Morgan fingerprint density at radius 2 is 1.60 bits per heavy atom. The molecule has 1 aromatic rings. The summed E-state index contributed by atoms with van der Waals surface area (Å²) < 4.78 is 0. The second-order valence-corrected chi connectivity index (χ2v) is 4.39. The van der Waals surface area contributed by atoms with E-state index in [1.807, 2.05) is 12.1 Å². The zero-order valence-corrected chi connectivity index (χ0v) is 13.6. The van der Waals surface area contributed by atoms with Gasteiger partial charge < -0.3 is 6.92 Å². The van der Waals surface area contributed by atoms with E-state index < -0.39 is 0 Å². The summed E-state index contributed by atoms with van der Waals surface area (Å²) in [6.07, 6.45) is 2.28. The van der Waals surface area contributed by atoms with Crippen molar-refractivity contribution in [2.45, 2.75) is 46.0 Å². The van der Waals surface area contributed by atoms with E-state index in [4.69, 9.17) is 0 Å². The largest absolute Gasteiger partial charge is 2.00 e. The fourth-order valence-electron chi connectivity index (χ4n) is 0.887. The van der Waals surface area contributed by atoms with Crippen LogP contribution in [0.5, 0.6) is 0 Å². The maximum absolute atomic E-state index is 3.60. The van der Waals surface area contributed by atoms with E-state index in [0.29, 0.717) is 0 Å². The van der Waals surface area contributed by atoms with Gasteiger partial charge in [0.1, 0.15) is 0 Å². The first-order valence-corrected chi connectivity index (χ1v) is 5.28. The van der Waals surface area contributed by atoms with Gasteiger partial charge in [0.05, 0.1) is 0 Å². The predicted molar refractivity (Wildman–Crippen MR) is 64.2 cm³/mol. The van der Waals surface area contributed by atoms with Gasteiger partial charge in [-0.25, -0.2) is 0 Å². The molecule has 0 saturated heterocycles. The molecule has 0 spiro atoms. The smallest absolute Gasteiger partial charge is 0.343 e. The second kappa shape index (κ2) is 9.10. The van der Waals surface area contributed by atoms with E-state index in [1.165, 1.54) is 12.0 Å². The predicted octanol–water partition coefficient (Wildman–Crippen LogP) is 4.40. The SMILES string of the molecule is CC(C)(C)c1cc[c-]cc1.[CH2-]CCC.[Zn+2]. The van der Waals surface area contributed by atoms with Crippen molar-refractivity contribution in [3.63, 3.8) is 0 Å². The van der Waals surface area contributed by atoms with Gasteiger partial charge in [0.15, 0.2) is 0 Å². The summed E-state index contributed by atoms with van der Waals surface area (Å²) in [4.78, 5) is 0. The summed E-state index contributed by atoms with van der Waals surface area (Å²) in [7, 11) is 0. The van der Waals surface area contributed by atoms with Gasteiger partial charge in [0.2, 0.25) is 0 Å². The number of hydrogen-bond donors (Lipinski definition) is 0. The summed E-state index contributed by atoms with van der Waals surface area (Å²) in [5.41, 5.74) is 1.64. The minimum Gasteiger partial charge on any atom is -0.343 e. The molecule has 15 heavy (non-hydrogen) atoms. The van der Waals surface area contributed by atoms with Gasteiger partial charge in [-0.15, -0.1) is 0 Å². The van der Waals surface area contributed by atoms with E-state index in [1.54, 1.807) is 0 Å². The Morgan fingerprint density at radius 1 is 1.20 bits per heavy atom. The van der Waals surface area contributed by atoms with Crippen LogP contribution in [0.2, 0.25) is 0 Å². The zero-order chi connectivity index (χ0) is 11.0. The maximum Gasteiger partial charge on any atom is 2.00 e. The molecule has 0 aliphatic heterocycles. The van der Waals surface area contributed by atoms with E-state index in [9.17, 15) is 0 Å². The number of unbranched alkanes of at least 4 members (excludes halogenated alkanes) is 1. The van der Waals surface area contributed by atoms with Gasteiger partial charge in [-0.1, -0.05) is 34.1 Å². The van der Waals surface area contributed by atoms with E-state index >= 15 is 0 Å². The van der Waals surface area contributed by atoms with Gasteiger partial charge in [-0.3, -0.25) is 0 Å². The summed E-state index contributed by atoms with van der Waals surface area (Å²) in [6.45, 7) is 12.4. The molecule has 0 radical (unpaired) electrons. The summed E-state index contributed by atoms with van der Waals surface area (Å²) in [5.74, 6) is 0. The average molecular weight is 256 g/mol. The van der Waals surface area contributed by atoms with Crippen molar-refractivity contribution in [1.29, 1.82) is 0 Å². The van der Waals surface area contributed by atoms with Crippen molar-refractivity contribution in [2.24, 2.45) is 0 Å². The van der Waals surface area contributed by atoms with E-state index in [0.717, 1.165) is 6.42 Å². The molecule has 1 aromatic carbocycles. The molecule has 0 aromatic heterocycles. The van der Waals surface area contributed by atoms with Gasteiger partial charge in [0.25, 0.3) is 0 Å². The Hall–Kier alpha value is -0.157. The molecule has 0 aliphatic rings. The van der Waals surface area contributed by atoms with Gasteiger partial charge in [-0.2, -0.15) is 42.3 Å². The van der Waals surface area contributed by atoms with Crippen LogP contribution in [0.1, 0.15) is 46.1 Å². The number of hydrogen-bond acceptors (Lipinski definition) is 0. The Labute approximate surface area is 108 Å². The van der Waals surface area contributed by atoms with Crippen molar-refractivity contribution in [1.82, 2.24) is 0 Å². The first-order valence-electron chi connectivity index (χ1n) is 5.28. The second-order valence-electron chi connectivity index (χ2n) is 4.39. The molecule has 0 bridgehead atoms. The quantitative estimate of drug-likeness (QED) is 0.515. The minimum absolute atomic E-state index is 0. The minimum atomic E-state index is 0. The summed E-state index contributed by atoms with van der Waals surface area (Å²) in [6, 6.07) is 11.1. The van der Waals surface area contributed by atoms with Crippen molar-refractivity contribution in [3.8, 4) is 0 Å². The Kier molecular flexibility index (Phi) is 10.5. The van der Waals surface area contributed by atoms with Crippen LogP contribution >= 0.6 is 0 Å². The van der Waals surface area contributed by atoms with Crippen LogP contribution in [-0.2, 0) is 24.9 Å². The third-order valence-corrected chi connectivity index (χ3v) is 1.94. The van der Waals surface area contributed by atoms with Crippen LogP contribution in [0.25, 0.3) is 0 Å². The standard InChI is InChI=1S/C10H13.C4H9.Zn/c1-10(2,3)9-7-5-4-6-8-9;1-3-4-2;/h5-8H,1-3H3;1,3-4H2,2H3;/q2*-1;+2. The van der Waals surface area contributed by atoms with Crippen LogP contribution in [0.15, 0.2) is 24.3 Å². The van der Waals surface area contributed by atoms with Crippen molar-refractivity contribution >= 4 is 0 Å². The third kappa shape index (κ3) is 8.81. The summed E-state index contributed by atoms with van der Waals surface area (Å²) in [5, 5.41) is 0. The molecule has 0 saturated carbocycles. The van der Waals surface area contributed by atoms with Gasteiger partial charge in [0, 0.05) is 0 Å². The van der Waals surface area contributed by atoms with Crippen molar-refractivity contribution < 1.29 is 19.5 Å². The van der Waals surface area contributed by atoms with Crippen LogP contribution in [0.4, 0.5) is 0 Å².